The summed E-state index contributed by atoms with van der Waals surface area (Å²) in [5.41, 5.74) is 3.36. The van der Waals surface area contributed by atoms with Crippen LogP contribution in [0.2, 0.25) is 0 Å². The SMILES string of the molecule is Cc1cc2ccc(Oc3ccnc4cc(OCCCN5CCN(C)CC5)c(C#N)cc34)cc2[nH]1. The lowest BCUT2D eigenvalue weighted by Crippen LogP contribution is -2.44. The molecular formula is C27H29N5O2. The van der Waals surface area contributed by atoms with E-state index in [-0.39, 0.29) is 0 Å². The smallest absolute Gasteiger partial charge is 0.139 e. The number of pyridine rings is 1. The molecule has 3 heterocycles. The van der Waals surface area contributed by atoms with Gasteiger partial charge in [0.05, 0.1) is 17.7 Å². The van der Waals surface area contributed by atoms with Crippen molar-refractivity contribution in [3.8, 4) is 23.3 Å². The van der Waals surface area contributed by atoms with E-state index < -0.39 is 0 Å². The van der Waals surface area contributed by atoms with Crippen LogP contribution in [0.15, 0.2) is 48.7 Å². The highest BCUT2D eigenvalue weighted by molar-refractivity contribution is 5.88. The van der Waals surface area contributed by atoms with Crippen LogP contribution in [-0.4, -0.2) is 66.1 Å². The lowest BCUT2D eigenvalue weighted by molar-refractivity contribution is 0.145. The highest BCUT2D eigenvalue weighted by Crippen LogP contribution is 2.34. The van der Waals surface area contributed by atoms with Crippen molar-refractivity contribution in [1.29, 1.82) is 5.26 Å². The fourth-order valence-electron chi connectivity index (χ4n) is 4.43. The first-order valence-electron chi connectivity index (χ1n) is 11.7. The fraction of sp³-hybridized carbons (Fsp3) is 0.333. The summed E-state index contributed by atoms with van der Waals surface area (Å²) in [6.07, 6.45) is 2.64. The average Bonchev–Trinajstić information content (AvgIpc) is 3.22. The molecule has 2 aromatic heterocycles. The third kappa shape index (κ3) is 4.84. The third-order valence-corrected chi connectivity index (χ3v) is 6.35. The van der Waals surface area contributed by atoms with E-state index in [9.17, 15) is 5.26 Å². The van der Waals surface area contributed by atoms with Gasteiger partial charge in [0, 0.05) is 67.7 Å². The molecular weight excluding hydrogens is 426 g/mol. The Morgan fingerprint density at radius 2 is 1.91 bits per heavy atom. The van der Waals surface area contributed by atoms with Gasteiger partial charge in [-0.15, -0.1) is 0 Å². The van der Waals surface area contributed by atoms with Crippen molar-refractivity contribution >= 4 is 21.8 Å². The molecule has 2 aromatic carbocycles. The van der Waals surface area contributed by atoms with Gasteiger partial charge >= 0.3 is 0 Å². The van der Waals surface area contributed by atoms with Crippen molar-refractivity contribution in [2.24, 2.45) is 0 Å². The van der Waals surface area contributed by atoms with E-state index in [1.807, 2.05) is 43.3 Å². The molecule has 0 bridgehead atoms. The van der Waals surface area contributed by atoms with Crippen LogP contribution in [0.5, 0.6) is 17.2 Å². The van der Waals surface area contributed by atoms with Crippen molar-refractivity contribution in [1.82, 2.24) is 19.8 Å². The quantitative estimate of drug-likeness (QED) is 0.407. The Labute approximate surface area is 199 Å². The van der Waals surface area contributed by atoms with Gasteiger partial charge in [0.2, 0.25) is 0 Å². The minimum Gasteiger partial charge on any atom is -0.492 e. The van der Waals surface area contributed by atoms with Crippen molar-refractivity contribution in [2.45, 2.75) is 13.3 Å². The molecule has 7 nitrogen and oxygen atoms in total. The second kappa shape index (κ2) is 9.72. The molecule has 1 aliphatic heterocycles. The maximum atomic E-state index is 9.76. The zero-order valence-electron chi connectivity index (χ0n) is 19.7. The molecule has 0 radical (unpaired) electrons. The fourth-order valence-corrected chi connectivity index (χ4v) is 4.43. The molecule has 0 aliphatic carbocycles. The van der Waals surface area contributed by atoms with Gasteiger partial charge in [0.25, 0.3) is 0 Å². The summed E-state index contributed by atoms with van der Waals surface area (Å²) in [7, 11) is 2.16. The van der Waals surface area contributed by atoms with Gasteiger partial charge in [-0.1, -0.05) is 0 Å². The number of aryl methyl sites for hydroxylation is 1. The molecule has 4 aromatic rings. The third-order valence-electron chi connectivity index (χ3n) is 6.35. The second-order valence-electron chi connectivity index (χ2n) is 8.94. The number of hydrogen-bond acceptors (Lipinski definition) is 6. The highest BCUT2D eigenvalue weighted by Gasteiger charge is 2.14. The van der Waals surface area contributed by atoms with Gasteiger partial charge in [-0.25, -0.2) is 0 Å². The molecule has 1 aliphatic rings. The van der Waals surface area contributed by atoms with Crippen molar-refractivity contribution < 1.29 is 9.47 Å². The van der Waals surface area contributed by atoms with Crippen LogP contribution in [0.3, 0.4) is 0 Å². The predicted octanol–water partition coefficient (Wildman–Crippen LogP) is 4.70. The first kappa shape index (κ1) is 22.2. The Hall–Kier alpha value is -3.60. The molecule has 0 unspecified atom stereocenters. The Kier molecular flexibility index (Phi) is 6.35. The number of aromatic nitrogens is 2. The molecule has 1 saturated heterocycles. The van der Waals surface area contributed by atoms with Crippen molar-refractivity contribution in [2.75, 3.05) is 46.4 Å². The summed E-state index contributed by atoms with van der Waals surface area (Å²) < 4.78 is 12.2. The first-order valence-corrected chi connectivity index (χ1v) is 11.7. The molecule has 34 heavy (non-hydrogen) atoms. The van der Waals surface area contributed by atoms with Crippen LogP contribution in [0.4, 0.5) is 0 Å². The number of ether oxygens (including phenoxy) is 2. The highest BCUT2D eigenvalue weighted by atomic mass is 16.5. The second-order valence-corrected chi connectivity index (χ2v) is 8.94. The number of nitrogens with one attached hydrogen (secondary N) is 1. The van der Waals surface area contributed by atoms with Crippen LogP contribution >= 0.6 is 0 Å². The zero-order chi connectivity index (χ0) is 23.5. The number of hydrogen-bond donors (Lipinski definition) is 1. The van der Waals surface area contributed by atoms with E-state index in [0.29, 0.717) is 23.7 Å². The monoisotopic (exact) mass is 455 g/mol. The maximum absolute atomic E-state index is 9.76. The lowest BCUT2D eigenvalue weighted by Gasteiger charge is -2.32. The predicted molar refractivity (Wildman–Crippen MR) is 134 cm³/mol. The summed E-state index contributed by atoms with van der Waals surface area (Å²) in [6, 6.07) is 15.8. The summed E-state index contributed by atoms with van der Waals surface area (Å²) in [5, 5.41) is 11.7. The Bertz CT molecular complexity index is 1350. The van der Waals surface area contributed by atoms with Crippen LogP contribution in [0.25, 0.3) is 21.8 Å². The number of aromatic amines is 1. The number of likely N-dealkylation sites (N-methyl/N-ethyl adjacent to an activating group) is 1. The topological polar surface area (TPSA) is 77.4 Å². The summed E-state index contributed by atoms with van der Waals surface area (Å²) >= 11 is 0. The van der Waals surface area contributed by atoms with Gasteiger partial charge in [-0.3, -0.25) is 4.98 Å². The summed E-state index contributed by atoms with van der Waals surface area (Å²) in [4.78, 5) is 12.6. The van der Waals surface area contributed by atoms with E-state index in [0.717, 1.165) is 72.4 Å². The van der Waals surface area contributed by atoms with Gasteiger partial charge in [0.15, 0.2) is 0 Å². The van der Waals surface area contributed by atoms with E-state index in [4.69, 9.17) is 9.47 Å². The lowest BCUT2D eigenvalue weighted by atomic mass is 10.1. The number of piperazine rings is 1. The minimum absolute atomic E-state index is 0.486. The summed E-state index contributed by atoms with van der Waals surface area (Å²) in [6.45, 7) is 8.02. The normalized spacial score (nSPS) is 15.0. The summed E-state index contributed by atoms with van der Waals surface area (Å²) in [5.74, 6) is 1.96. The van der Waals surface area contributed by atoms with E-state index in [1.165, 1.54) is 0 Å². The van der Waals surface area contributed by atoms with E-state index in [1.54, 1.807) is 6.20 Å². The van der Waals surface area contributed by atoms with Gasteiger partial charge in [0.1, 0.15) is 23.3 Å². The number of rotatable bonds is 7. The molecule has 0 atom stereocenters. The van der Waals surface area contributed by atoms with Crippen molar-refractivity contribution in [3.05, 3.63) is 59.9 Å². The molecule has 0 spiro atoms. The van der Waals surface area contributed by atoms with Gasteiger partial charge in [-0.05, 0) is 56.1 Å². The van der Waals surface area contributed by atoms with Crippen LogP contribution in [-0.2, 0) is 0 Å². The first-order chi connectivity index (χ1) is 16.6. The number of nitriles is 1. The number of nitrogens with zero attached hydrogens (tertiary/aromatic N) is 4. The Morgan fingerprint density at radius 3 is 2.74 bits per heavy atom. The minimum atomic E-state index is 0.486. The van der Waals surface area contributed by atoms with Crippen LogP contribution in [0, 0.1) is 18.3 Å². The van der Waals surface area contributed by atoms with Crippen LogP contribution in [0.1, 0.15) is 17.7 Å². The molecule has 7 heteroatoms. The molecule has 1 N–H and O–H groups in total. The van der Waals surface area contributed by atoms with Gasteiger partial charge < -0.3 is 24.3 Å². The number of H-pyrrole nitrogens is 1. The van der Waals surface area contributed by atoms with Crippen LogP contribution < -0.4 is 9.47 Å². The number of fused-ring (bicyclic) bond motifs is 2. The average molecular weight is 456 g/mol. The zero-order valence-corrected chi connectivity index (χ0v) is 19.7. The van der Waals surface area contributed by atoms with E-state index in [2.05, 4.69) is 39.0 Å². The molecule has 0 amide bonds. The van der Waals surface area contributed by atoms with Crippen molar-refractivity contribution in [3.63, 3.8) is 0 Å². The maximum Gasteiger partial charge on any atom is 0.139 e. The largest absolute Gasteiger partial charge is 0.492 e. The molecule has 174 valence electrons. The molecule has 1 fully saturated rings. The Balaban J connectivity index is 1.30. The van der Waals surface area contributed by atoms with Gasteiger partial charge in [-0.2, -0.15) is 5.26 Å². The van der Waals surface area contributed by atoms with E-state index >= 15 is 0 Å². The Morgan fingerprint density at radius 1 is 1.06 bits per heavy atom. The number of benzene rings is 2. The standard InChI is InChI=1S/C27H29N5O2/c1-19-14-20-4-5-22(16-24(20)30-19)34-26-6-7-29-25-17-27(21(18-28)15-23(25)26)33-13-3-8-32-11-9-31(2)10-12-32/h4-7,14-17,30H,3,8-13H2,1-2H3. The molecule has 0 saturated carbocycles. The molecule has 5 rings (SSSR count).